The van der Waals surface area contributed by atoms with Gasteiger partial charge in [0.1, 0.15) is 12.4 Å². The zero-order valence-electron chi connectivity index (χ0n) is 17.2. The first-order valence-electron chi connectivity index (χ1n) is 9.84. The van der Waals surface area contributed by atoms with Gasteiger partial charge in [-0.05, 0) is 42.9 Å². The standard InChI is InChI=1S/C22H32N2O3S/c1-4-23(5-2)15-16-24(19-20-9-7-6-8-10-20)17-18-27-21-11-13-22(14-12-21)28(3,25)26/h6-14H,4-5,15-19H2,1-3H3. The molecule has 0 heterocycles. The number of hydrogen-bond donors (Lipinski definition) is 0. The van der Waals surface area contributed by atoms with Crippen LogP contribution in [0.15, 0.2) is 59.5 Å². The molecule has 0 atom stereocenters. The van der Waals surface area contributed by atoms with E-state index in [0.29, 0.717) is 17.3 Å². The van der Waals surface area contributed by atoms with Crippen molar-refractivity contribution in [1.82, 2.24) is 9.80 Å². The molecule has 0 aliphatic carbocycles. The maximum atomic E-state index is 11.5. The molecule has 6 heteroatoms. The Hall–Kier alpha value is -1.89. The van der Waals surface area contributed by atoms with Crippen LogP contribution in [0.25, 0.3) is 0 Å². The summed E-state index contributed by atoms with van der Waals surface area (Å²) in [5, 5.41) is 0. The highest BCUT2D eigenvalue weighted by molar-refractivity contribution is 7.90. The van der Waals surface area contributed by atoms with E-state index in [1.165, 1.54) is 11.8 Å². The first-order valence-corrected chi connectivity index (χ1v) is 11.7. The van der Waals surface area contributed by atoms with E-state index in [4.69, 9.17) is 4.74 Å². The second-order valence-electron chi connectivity index (χ2n) is 6.88. The lowest BCUT2D eigenvalue weighted by atomic mass is 10.2. The van der Waals surface area contributed by atoms with Crippen LogP contribution in [-0.2, 0) is 16.4 Å². The predicted octanol–water partition coefficient (Wildman–Crippen LogP) is 3.31. The molecule has 0 aliphatic rings. The van der Waals surface area contributed by atoms with E-state index in [2.05, 4.69) is 47.9 Å². The number of likely N-dealkylation sites (N-methyl/N-ethyl adjacent to an activating group) is 1. The van der Waals surface area contributed by atoms with Gasteiger partial charge in [0, 0.05) is 32.4 Å². The van der Waals surface area contributed by atoms with Gasteiger partial charge in [-0.25, -0.2) is 8.42 Å². The van der Waals surface area contributed by atoms with Crippen molar-refractivity contribution in [2.75, 3.05) is 45.6 Å². The number of sulfone groups is 1. The third-order valence-corrected chi connectivity index (χ3v) is 5.93. The zero-order valence-corrected chi connectivity index (χ0v) is 18.0. The fourth-order valence-electron chi connectivity index (χ4n) is 3.01. The van der Waals surface area contributed by atoms with Crippen molar-refractivity contribution >= 4 is 9.84 Å². The van der Waals surface area contributed by atoms with Crippen molar-refractivity contribution in [3.63, 3.8) is 0 Å². The molecule has 0 saturated heterocycles. The summed E-state index contributed by atoms with van der Waals surface area (Å²) in [6.45, 7) is 10.8. The van der Waals surface area contributed by atoms with Crippen LogP contribution in [0.5, 0.6) is 5.75 Å². The Kier molecular flexibility index (Phi) is 8.96. The van der Waals surface area contributed by atoms with Gasteiger partial charge in [-0.15, -0.1) is 0 Å². The van der Waals surface area contributed by atoms with Gasteiger partial charge < -0.3 is 9.64 Å². The molecule has 154 valence electrons. The maximum absolute atomic E-state index is 11.5. The van der Waals surface area contributed by atoms with Gasteiger partial charge in [-0.2, -0.15) is 0 Å². The molecule has 5 nitrogen and oxygen atoms in total. The Morgan fingerprint density at radius 2 is 1.43 bits per heavy atom. The van der Waals surface area contributed by atoms with Crippen LogP contribution in [0.2, 0.25) is 0 Å². The lowest BCUT2D eigenvalue weighted by Gasteiger charge is -2.26. The van der Waals surface area contributed by atoms with E-state index in [9.17, 15) is 8.42 Å². The Labute approximate surface area is 169 Å². The molecule has 0 aromatic heterocycles. The van der Waals surface area contributed by atoms with E-state index in [-0.39, 0.29) is 0 Å². The van der Waals surface area contributed by atoms with E-state index in [0.717, 1.165) is 39.3 Å². The summed E-state index contributed by atoms with van der Waals surface area (Å²) in [4.78, 5) is 5.13. The van der Waals surface area contributed by atoms with E-state index in [1.807, 2.05) is 6.07 Å². The number of nitrogens with zero attached hydrogens (tertiary/aromatic N) is 2. The van der Waals surface area contributed by atoms with Crippen LogP contribution >= 0.6 is 0 Å². The molecular formula is C22H32N2O3S. The molecule has 0 bridgehead atoms. The van der Waals surface area contributed by atoms with E-state index < -0.39 is 9.84 Å². The average Bonchev–Trinajstić information content (AvgIpc) is 2.69. The molecule has 0 unspecified atom stereocenters. The van der Waals surface area contributed by atoms with Crippen LogP contribution < -0.4 is 4.74 Å². The molecule has 0 saturated carbocycles. The topological polar surface area (TPSA) is 49.9 Å². The molecule has 0 radical (unpaired) electrons. The number of benzene rings is 2. The Balaban J connectivity index is 1.91. The van der Waals surface area contributed by atoms with E-state index in [1.54, 1.807) is 24.3 Å². The molecule has 0 fully saturated rings. The SMILES string of the molecule is CCN(CC)CCN(CCOc1ccc(S(C)(=O)=O)cc1)Cc1ccccc1. The van der Waals surface area contributed by atoms with Crippen molar-refractivity contribution in [3.05, 3.63) is 60.2 Å². The maximum Gasteiger partial charge on any atom is 0.175 e. The van der Waals surface area contributed by atoms with Gasteiger partial charge >= 0.3 is 0 Å². The van der Waals surface area contributed by atoms with Gasteiger partial charge in [0.05, 0.1) is 4.90 Å². The monoisotopic (exact) mass is 404 g/mol. The minimum atomic E-state index is -3.18. The molecule has 28 heavy (non-hydrogen) atoms. The predicted molar refractivity (Wildman–Crippen MR) is 115 cm³/mol. The molecule has 2 aromatic carbocycles. The van der Waals surface area contributed by atoms with Crippen molar-refractivity contribution in [3.8, 4) is 5.75 Å². The van der Waals surface area contributed by atoms with Crippen LogP contribution in [0.4, 0.5) is 0 Å². The lowest BCUT2D eigenvalue weighted by molar-refractivity contribution is 0.175. The van der Waals surface area contributed by atoms with Gasteiger partial charge in [0.25, 0.3) is 0 Å². The summed E-state index contributed by atoms with van der Waals surface area (Å²) in [6, 6.07) is 17.1. The second-order valence-corrected chi connectivity index (χ2v) is 8.90. The molecule has 0 spiro atoms. The van der Waals surface area contributed by atoms with Crippen molar-refractivity contribution in [1.29, 1.82) is 0 Å². The van der Waals surface area contributed by atoms with Crippen molar-refractivity contribution in [2.24, 2.45) is 0 Å². The fraction of sp³-hybridized carbons (Fsp3) is 0.455. The van der Waals surface area contributed by atoms with Crippen LogP contribution in [0.3, 0.4) is 0 Å². The molecule has 2 aromatic rings. The summed E-state index contributed by atoms with van der Waals surface area (Å²) in [5.74, 6) is 0.691. The Morgan fingerprint density at radius 1 is 0.821 bits per heavy atom. The minimum Gasteiger partial charge on any atom is -0.492 e. The molecular weight excluding hydrogens is 372 g/mol. The van der Waals surface area contributed by atoms with Gasteiger partial charge in [-0.3, -0.25) is 4.90 Å². The third kappa shape index (κ3) is 7.62. The second kappa shape index (κ2) is 11.2. The summed E-state index contributed by atoms with van der Waals surface area (Å²) in [7, 11) is -3.18. The molecule has 0 amide bonds. The smallest absolute Gasteiger partial charge is 0.175 e. The normalized spacial score (nSPS) is 11.9. The summed E-state index contributed by atoms with van der Waals surface area (Å²) in [5.41, 5.74) is 1.29. The van der Waals surface area contributed by atoms with Crippen LogP contribution in [-0.4, -0.2) is 63.8 Å². The van der Waals surface area contributed by atoms with Gasteiger partial charge in [0.15, 0.2) is 9.84 Å². The first-order chi connectivity index (χ1) is 13.4. The summed E-state index contributed by atoms with van der Waals surface area (Å²) < 4.78 is 28.9. The highest BCUT2D eigenvalue weighted by Gasteiger charge is 2.10. The Morgan fingerprint density at radius 3 is 2.00 bits per heavy atom. The summed E-state index contributed by atoms with van der Waals surface area (Å²) in [6.07, 6.45) is 1.21. The number of ether oxygens (including phenoxy) is 1. The van der Waals surface area contributed by atoms with Crippen molar-refractivity contribution in [2.45, 2.75) is 25.3 Å². The van der Waals surface area contributed by atoms with Gasteiger partial charge in [-0.1, -0.05) is 44.2 Å². The van der Waals surface area contributed by atoms with Crippen LogP contribution in [0, 0.1) is 0 Å². The Bertz CT molecular complexity index is 788. The quantitative estimate of drug-likeness (QED) is 0.543. The highest BCUT2D eigenvalue weighted by Crippen LogP contribution is 2.16. The molecule has 2 rings (SSSR count). The van der Waals surface area contributed by atoms with Crippen LogP contribution in [0.1, 0.15) is 19.4 Å². The molecule has 0 aliphatic heterocycles. The fourth-order valence-corrected chi connectivity index (χ4v) is 3.64. The van der Waals surface area contributed by atoms with E-state index >= 15 is 0 Å². The summed E-state index contributed by atoms with van der Waals surface area (Å²) >= 11 is 0. The number of hydrogen-bond acceptors (Lipinski definition) is 5. The number of rotatable bonds is 12. The average molecular weight is 405 g/mol. The molecule has 0 N–H and O–H groups in total. The zero-order chi connectivity index (χ0) is 20.4. The van der Waals surface area contributed by atoms with Gasteiger partial charge in [0.2, 0.25) is 0 Å². The van der Waals surface area contributed by atoms with Crippen molar-refractivity contribution < 1.29 is 13.2 Å². The largest absolute Gasteiger partial charge is 0.492 e. The lowest BCUT2D eigenvalue weighted by Crippen LogP contribution is -2.36. The third-order valence-electron chi connectivity index (χ3n) is 4.80. The minimum absolute atomic E-state index is 0.310. The highest BCUT2D eigenvalue weighted by atomic mass is 32.2. The first kappa shape index (κ1) is 22.4.